The highest BCUT2D eigenvalue weighted by Gasteiger charge is 2.16. The van der Waals surface area contributed by atoms with Gasteiger partial charge in [0.15, 0.2) is 0 Å². The molecule has 0 spiro atoms. The number of rotatable bonds is 4. The Morgan fingerprint density at radius 1 is 0.967 bits per heavy atom. The van der Waals surface area contributed by atoms with Crippen LogP contribution < -0.4 is 5.32 Å². The lowest BCUT2D eigenvalue weighted by molar-refractivity contribution is 0.102. The number of carbonyl (C=O) groups is 1. The molecule has 0 atom stereocenters. The molecule has 4 rings (SSSR count). The first kappa shape index (κ1) is 20.1. The predicted octanol–water partition coefficient (Wildman–Crippen LogP) is 7.24. The van der Waals surface area contributed by atoms with Crippen LogP contribution in [0.5, 0.6) is 0 Å². The number of aryl methyl sites for hydroxylation is 1. The molecule has 0 bridgehead atoms. The zero-order chi connectivity index (χ0) is 21.3. The van der Waals surface area contributed by atoms with Gasteiger partial charge in [-0.15, -0.1) is 0 Å². The minimum Gasteiger partial charge on any atom is -0.322 e. The van der Waals surface area contributed by atoms with Gasteiger partial charge in [-0.2, -0.15) is 0 Å². The van der Waals surface area contributed by atoms with E-state index in [1.165, 1.54) is 5.56 Å². The molecular formula is C26H23ClN2O. The predicted molar refractivity (Wildman–Crippen MR) is 125 cm³/mol. The Morgan fingerprint density at radius 3 is 2.33 bits per heavy atom. The number of hydrogen-bond donors (Lipinski definition) is 1. The Morgan fingerprint density at radius 2 is 1.67 bits per heavy atom. The van der Waals surface area contributed by atoms with Gasteiger partial charge >= 0.3 is 0 Å². The fourth-order valence-corrected chi connectivity index (χ4v) is 3.65. The Labute approximate surface area is 181 Å². The summed E-state index contributed by atoms with van der Waals surface area (Å²) in [6, 6.07) is 23.4. The number of carbonyl (C=O) groups excluding carboxylic acids is 1. The van der Waals surface area contributed by atoms with Crippen LogP contribution in [0, 0.1) is 6.92 Å². The van der Waals surface area contributed by atoms with Gasteiger partial charge in [-0.25, -0.2) is 4.98 Å². The van der Waals surface area contributed by atoms with Gasteiger partial charge in [-0.05, 0) is 48.2 Å². The fraction of sp³-hybridized carbons (Fsp3) is 0.154. The van der Waals surface area contributed by atoms with Gasteiger partial charge in [-0.1, -0.05) is 74.0 Å². The smallest absolute Gasteiger partial charge is 0.256 e. The Hall–Kier alpha value is -3.17. The zero-order valence-corrected chi connectivity index (χ0v) is 18.0. The van der Waals surface area contributed by atoms with E-state index in [-0.39, 0.29) is 5.91 Å². The summed E-state index contributed by atoms with van der Waals surface area (Å²) >= 11 is 6.35. The van der Waals surface area contributed by atoms with Crippen molar-refractivity contribution in [3.63, 3.8) is 0 Å². The Kier molecular flexibility index (Phi) is 5.56. The zero-order valence-electron chi connectivity index (χ0n) is 17.2. The molecule has 0 aliphatic rings. The molecule has 0 radical (unpaired) electrons. The van der Waals surface area contributed by atoms with E-state index in [0.29, 0.717) is 16.5 Å². The third-order valence-corrected chi connectivity index (χ3v) is 5.73. The van der Waals surface area contributed by atoms with Crippen LogP contribution >= 0.6 is 11.6 Å². The number of benzene rings is 3. The van der Waals surface area contributed by atoms with E-state index in [4.69, 9.17) is 16.6 Å². The second-order valence-electron chi connectivity index (χ2n) is 7.72. The van der Waals surface area contributed by atoms with Crippen molar-refractivity contribution < 1.29 is 4.79 Å². The van der Waals surface area contributed by atoms with Crippen LogP contribution in [0.15, 0.2) is 72.8 Å². The lowest BCUT2D eigenvalue weighted by Crippen LogP contribution is -2.13. The molecule has 3 aromatic carbocycles. The second-order valence-corrected chi connectivity index (χ2v) is 8.13. The molecule has 150 valence electrons. The van der Waals surface area contributed by atoms with E-state index in [1.54, 1.807) is 0 Å². The lowest BCUT2D eigenvalue weighted by atomic mass is 10.0. The van der Waals surface area contributed by atoms with Gasteiger partial charge in [0.1, 0.15) is 0 Å². The lowest BCUT2D eigenvalue weighted by Gasteiger charge is -2.13. The first-order chi connectivity index (χ1) is 14.4. The molecule has 4 aromatic rings. The summed E-state index contributed by atoms with van der Waals surface area (Å²) in [4.78, 5) is 18.1. The molecule has 0 fully saturated rings. The topological polar surface area (TPSA) is 42.0 Å². The highest BCUT2D eigenvalue weighted by Crippen LogP contribution is 2.30. The van der Waals surface area contributed by atoms with Gasteiger partial charge in [0, 0.05) is 21.7 Å². The van der Waals surface area contributed by atoms with Crippen molar-refractivity contribution in [2.24, 2.45) is 0 Å². The summed E-state index contributed by atoms with van der Waals surface area (Å²) in [6.45, 7) is 6.23. The average Bonchev–Trinajstić information content (AvgIpc) is 2.76. The normalized spacial score (nSPS) is 11.1. The number of aromatic nitrogens is 1. The summed E-state index contributed by atoms with van der Waals surface area (Å²) in [5, 5.41) is 4.45. The fourth-order valence-electron chi connectivity index (χ4n) is 3.50. The van der Waals surface area contributed by atoms with Crippen molar-refractivity contribution in [2.75, 3.05) is 5.32 Å². The molecule has 3 nitrogen and oxygen atoms in total. The van der Waals surface area contributed by atoms with E-state index in [0.717, 1.165) is 33.4 Å². The molecule has 0 saturated heterocycles. The quantitative estimate of drug-likeness (QED) is 0.382. The monoisotopic (exact) mass is 414 g/mol. The molecule has 1 N–H and O–H groups in total. The van der Waals surface area contributed by atoms with Gasteiger partial charge in [-0.3, -0.25) is 4.79 Å². The maximum absolute atomic E-state index is 13.3. The number of pyridine rings is 1. The number of anilines is 1. The van der Waals surface area contributed by atoms with Crippen molar-refractivity contribution in [2.45, 2.75) is 26.7 Å². The molecule has 0 unspecified atom stereocenters. The molecule has 1 amide bonds. The van der Waals surface area contributed by atoms with E-state index >= 15 is 0 Å². The van der Waals surface area contributed by atoms with Crippen molar-refractivity contribution in [3.8, 4) is 11.3 Å². The molecule has 0 saturated carbocycles. The van der Waals surface area contributed by atoms with Crippen LogP contribution in [0.3, 0.4) is 0 Å². The summed E-state index contributed by atoms with van der Waals surface area (Å²) in [5.41, 5.74) is 5.88. The van der Waals surface area contributed by atoms with Crippen molar-refractivity contribution in [1.29, 1.82) is 0 Å². The molecule has 4 heteroatoms. The van der Waals surface area contributed by atoms with Crippen LogP contribution in [0.2, 0.25) is 5.02 Å². The summed E-state index contributed by atoms with van der Waals surface area (Å²) < 4.78 is 0. The largest absolute Gasteiger partial charge is 0.322 e. The van der Waals surface area contributed by atoms with E-state index in [2.05, 4.69) is 19.2 Å². The van der Waals surface area contributed by atoms with Crippen molar-refractivity contribution in [1.82, 2.24) is 4.98 Å². The summed E-state index contributed by atoms with van der Waals surface area (Å²) in [7, 11) is 0. The van der Waals surface area contributed by atoms with Crippen LogP contribution in [0.1, 0.15) is 41.3 Å². The summed E-state index contributed by atoms with van der Waals surface area (Å²) in [6.07, 6.45) is 0. The number of fused-ring (bicyclic) bond motifs is 1. The van der Waals surface area contributed by atoms with Crippen molar-refractivity contribution >= 4 is 34.1 Å². The molecule has 0 aliphatic heterocycles. The van der Waals surface area contributed by atoms with Crippen LogP contribution in [-0.2, 0) is 0 Å². The molecule has 0 aliphatic carbocycles. The molecule has 1 aromatic heterocycles. The molecular weight excluding hydrogens is 392 g/mol. The first-order valence-corrected chi connectivity index (χ1v) is 10.4. The van der Waals surface area contributed by atoms with Gasteiger partial charge in [0.2, 0.25) is 0 Å². The maximum Gasteiger partial charge on any atom is 0.256 e. The SMILES string of the molecule is Cc1c(Cl)ccc2c(C(=O)Nc3ccc(C(C)C)cc3)cc(-c3ccccc3)nc12. The second kappa shape index (κ2) is 8.29. The van der Waals surface area contributed by atoms with Crippen molar-refractivity contribution in [3.05, 3.63) is 94.5 Å². The maximum atomic E-state index is 13.3. The molecule has 1 heterocycles. The molecule has 30 heavy (non-hydrogen) atoms. The van der Waals surface area contributed by atoms with Gasteiger partial charge < -0.3 is 5.32 Å². The van der Waals surface area contributed by atoms with E-state index < -0.39 is 0 Å². The van der Waals surface area contributed by atoms with E-state index in [1.807, 2.05) is 79.7 Å². The Balaban J connectivity index is 1.80. The highest BCUT2D eigenvalue weighted by atomic mass is 35.5. The average molecular weight is 415 g/mol. The number of nitrogens with zero attached hydrogens (tertiary/aromatic N) is 1. The number of hydrogen-bond acceptors (Lipinski definition) is 2. The van der Waals surface area contributed by atoms with E-state index in [9.17, 15) is 4.79 Å². The Bertz CT molecular complexity index is 1220. The van der Waals surface area contributed by atoms with Gasteiger partial charge in [0.05, 0.1) is 16.8 Å². The summed E-state index contributed by atoms with van der Waals surface area (Å²) in [5.74, 6) is 0.277. The first-order valence-electron chi connectivity index (χ1n) is 10.0. The van der Waals surface area contributed by atoms with Gasteiger partial charge in [0.25, 0.3) is 5.91 Å². The minimum atomic E-state index is -0.168. The van der Waals surface area contributed by atoms with Crippen LogP contribution in [-0.4, -0.2) is 10.9 Å². The highest BCUT2D eigenvalue weighted by molar-refractivity contribution is 6.32. The van der Waals surface area contributed by atoms with Crippen LogP contribution in [0.4, 0.5) is 5.69 Å². The third-order valence-electron chi connectivity index (χ3n) is 5.32. The third kappa shape index (κ3) is 3.94. The number of amides is 1. The number of halogens is 1. The number of nitrogens with one attached hydrogen (secondary N) is 1. The standard InChI is InChI=1S/C26H23ClN2O/c1-16(2)18-9-11-20(12-10-18)28-26(30)22-15-24(19-7-5-4-6-8-19)29-25-17(3)23(27)14-13-21(22)25/h4-16H,1-3H3,(H,28,30). The van der Waals surface area contributed by atoms with Crippen LogP contribution in [0.25, 0.3) is 22.2 Å². The minimum absolute atomic E-state index is 0.168.